The molecule has 2 rings (SSSR count). The Morgan fingerprint density at radius 2 is 1.95 bits per heavy atom. The van der Waals surface area contributed by atoms with E-state index in [-0.39, 0.29) is 11.5 Å². The van der Waals surface area contributed by atoms with Crippen LogP contribution in [-0.4, -0.2) is 5.11 Å². The maximum absolute atomic E-state index is 13.8. The summed E-state index contributed by atoms with van der Waals surface area (Å²) in [4.78, 5) is 0. The first-order valence-corrected chi connectivity index (χ1v) is 5.77. The van der Waals surface area contributed by atoms with E-state index in [9.17, 15) is 9.50 Å². The summed E-state index contributed by atoms with van der Waals surface area (Å²) in [5.41, 5.74) is 0.648. The second-order valence-corrected chi connectivity index (χ2v) is 4.04. The van der Waals surface area contributed by atoms with Crippen LogP contribution in [0.3, 0.4) is 0 Å². The molecule has 0 spiro atoms. The first-order chi connectivity index (χ1) is 9.13. The van der Waals surface area contributed by atoms with Gasteiger partial charge in [-0.25, -0.2) is 4.39 Å². The summed E-state index contributed by atoms with van der Waals surface area (Å²) in [5.74, 6) is -0.372. The molecule has 0 heterocycles. The molecule has 1 N–H and O–H groups in total. The second-order valence-electron chi connectivity index (χ2n) is 4.04. The van der Waals surface area contributed by atoms with E-state index in [4.69, 9.17) is 10.00 Å². The maximum Gasteiger partial charge on any atom is 0.168 e. The number of ether oxygens (including phenoxy) is 1. The van der Waals surface area contributed by atoms with Gasteiger partial charge < -0.3 is 9.84 Å². The van der Waals surface area contributed by atoms with Crippen molar-refractivity contribution in [1.29, 1.82) is 5.26 Å². The fourth-order valence-corrected chi connectivity index (χ4v) is 1.72. The normalized spacial score (nSPS) is 11.7. The number of nitriles is 1. The van der Waals surface area contributed by atoms with Crippen LogP contribution >= 0.6 is 0 Å². The Hall–Kier alpha value is -2.38. The highest BCUT2D eigenvalue weighted by Gasteiger charge is 2.15. The number of benzene rings is 2. The lowest BCUT2D eigenvalue weighted by atomic mass is 10.1. The van der Waals surface area contributed by atoms with Gasteiger partial charge in [0.05, 0.1) is 11.7 Å². The van der Waals surface area contributed by atoms with Crippen LogP contribution in [0, 0.1) is 17.1 Å². The zero-order valence-corrected chi connectivity index (χ0v) is 10.3. The molecule has 4 heteroatoms. The van der Waals surface area contributed by atoms with E-state index in [0.29, 0.717) is 11.1 Å². The topological polar surface area (TPSA) is 53.2 Å². The van der Waals surface area contributed by atoms with Gasteiger partial charge in [0, 0.05) is 5.56 Å². The standard InChI is InChI=1S/C15H12FNO2/c1-10(18)12-6-4-7-13(16)15(12)19-14-8-3-2-5-11(14)9-17/h2-8,10,18H,1H3. The molecule has 1 atom stereocenters. The summed E-state index contributed by atoms with van der Waals surface area (Å²) < 4.78 is 19.3. The molecule has 0 saturated carbocycles. The summed E-state index contributed by atoms with van der Waals surface area (Å²) in [6.07, 6.45) is -0.861. The number of rotatable bonds is 3. The first-order valence-electron chi connectivity index (χ1n) is 5.77. The quantitative estimate of drug-likeness (QED) is 0.914. The van der Waals surface area contributed by atoms with Gasteiger partial charge in [0.15, 0.2) is 11.6 Å². The highest BCUT2D eigenvalue weighted by Crippen LogP contribution is 2.33. The summed E-state index contributed by atoms with van der Waals surface area (Å²) >= 11 is 0. The van der Waals surface area contributed by atoms with Crippen molar-refractivity contribution in [2.24, 2.45) is 0 Å². The first kappa shape index (κ1) is 13.1. The van der Waals surface area contributed by atoms with Crippen LogP contribution in [0.25, 0.3) is 0 Å². The van der Waals surface area contributed by atoms with Crippen molar-refractivity contribution in [2.45, 2.75) is 13.0 Å². The largest absolute Gasteiger partial charge is 0.452 e. The molecule has 0 radical (unpaired) electrons. The fraction of sp³-hybridized carbons (Fsp3) is 0.133. The lowest BCUT2D eigenvalue weighted by Gasteiger charge is -2.14. The average Bonchev–Trinajstić information content (AvgIpc) is 2.41. The van der Waals surface area contributed by atoms with Gasteiger partial charge in [-0.3, -0.25) is 0 Å². The number of hydrogen-bond acceptors (Lipinski definition) is 3. The van der Waals surface area contributed by atoms with Gasteiger partial charge in [-0.1, -0.05) is 24.3 Å². The number of aliphatic hydroxyl groups is 1. The molecule has 0 aliphatic carbocycles. The number of halogens is 1. The summed E-state index contributed by atoms with van der Waals surface area (Å²) in [6, 6.07) is 12.9. The smallest absolute Gasteiger partial charge is 0.168 e. The Bertz CT molecular complexity index is 632. The molecule has 0 aromatic heterocycles. The molecule has 0 aliphatic heterocycles. The predicted octanol–water partition coefficient (Wildman–Crippen LogP) is 3.54. The van der Waals surface area contributed by atoms with Crippen LogP contribution in [0.5, 0.6) is 11.5 Å². The van der Waals surface area contributed by atoms with Gasteiger partial charge in [0.1, 0.15) is 11.8 Å². The molecule has 0 bridgehead atoms. The number of para-hydroxylation sites is 2. The molecular formula is C15H12FNO2. The third-order valence-electron chi connectivity index (χ3n) is 2.67. The molecule has 2 aromatic carbocycles. The minimum atomic E-state index is -0.861. The number of hydrogen-bond donors (Lipinski definition) is 1. The Kier molecular flexibility index (Phi) is 3.79. The molecule has 3 nitrogen and oxygen atoms in total. The van der Waals surface area contributed by atoms with Crippen molar-refractivity contribution >= 4 is 0 Å². The van der Waals surface area contributed by atoms with E-state index in [1.165, 1.54) is 19.1 Å². The molecule has 2 aromatic rings. The SMILES string of the molecule is CC(O)c1cccc(F)c1Oc1ccccc1C#N. The number of aliphatic hydroxyl groups excluding tert-OH is 1. The van der Waals surface area contributed by atoms with E-state index in [1.807, 2.05) is 6.07 Å². The van der Waals surface area contributed by atoms with Gasteiger partial charge in [-0.15, -0.1) is 0 Å². The maximum atomic E-state index is 13.8. The van der Waals surface area contributed by atoms with Gasteiger partial charge >= 0.3 is 0 Å². The molecule has 96 valence electrons. The number of nitrogens with zero attached hydrogens (tertiary/aromatic N) is 1. The van der Waals surface area contributed by atoms with Gasteiger partial charge in [0.2, 0.25) is 0 Å². The minimum absolute atomic E-state index is 0.0554. The van der Waals surface area contributed by atoms with E-state index in [2.05, 4.69) is 0 Å². The van der Waals surface area contributed by atoms with Crippen molar-refractivity contribution in [1.82, 2.24) is 0 Å². The van der Waals surface area contributed by atoms with Gasteiger partial charge in [-0.05, 0) is 25.1 Å². The molecule has 0 saturated heterocycles. The Morgan fingerprint density at radius 3 is 2.63 bits per heavy atom. The van der Waals surface area contributed by atoms with Crippen LogP contribution in [0.2, 0.25) is 0 Å². The van der Waals surface area contributed by atoms with Crippen molar-refractivity contribution in [3.05, 3.63) is 59.4 Å². The molecule has 0 fully saturated rings. The zero-order valence-electron chi connectivity index (χ0n) is 10.3. The van der Waals surface area contributed by atoms with E-state index in [1.54, 1.807) is 30.3 Å². The van der Waals surface area contributed by atoms with Crippen LogP contribution in [0.15, 0.2) is 42.5 Å². The Labute approximate surface area is 110 Å². The lowest BCUT2D eigenvalue weighted by molar-refractivity contribution is 0.194. The minimum Gasteiger partial charge on any atom is -0.452 e. The third-order valence-corrected chi connectivity index (χ3v) is 2.67. The third kappa shape index (κ3) is 2.72. The van der Waals surface area contributed by atoms with E-state index >= 15 is 0 Å². The van der Waals surface area contributed by atoms with Crippen LogP contribution in [0.4, 0.5) is 4.39 Å². The van der Waals surface area contributed by atoms with Crippen molar-refractivity contribution < 1.29 is 14.2 Å². The van der Waals surface area contributed by atoms with E-state index in [0.717, 1.165) is 0 Å². The molecule has 19 heavy (non-hydrogen) atoms. The summed E-state index contributed by atoms with van der Waals surface area (Å²) in [7, 11) is 0. The van der Waals surface area contributed by atoms with Crippen LogP contribution in [-0.2, 0) is 0 Å². The second kappa shape index (κ2) is 5.51. The molecule has 0 amide bonds. The summed E-state index contributed by atoms with van der Waals surface area (Å²) in [5, 5.41) is 18.6. The highest BCUT2D eigenvalue weighted by molar-refractivity contribution is 5.47. The fourth-order valence-electron chi connectivity index (χ4n) is 1.72. The van der Waals surface area contributed by atoms with Crippen molar-refractivity contribution in [3.8, 4) is 17.6 Å². The van der Waals surface area contributed by atoms with Gasteiger partial charge in [-0.2, -0.15) is 5.26 Å². The van der Waals surface area contributed by atoms with Gasteiger partial charge in [0.25, 0.3) is 0 Å². The predicted molar refractivity (Wildman–Crippen MR) is 68.3 cm³/mol. The average molecular weight is 257 g/mol. The highest BCUT2D eigenvalue weighted by atomic mass is 19.1. The monoisotopic (exact) mass is 257 g/mol. The van der Waals surface area contributed by atoms with Crippen LogP contribution in [0.1, 0.15) is 24.2 Å². The summed E-state index contributed by atoms with van der Waals surface area (Å²) in [6.45, 7) is 1.53. The lowest BCUT2D eigenvalue weighted by Crippen LogP contribution is -1.99. The van der Waals surface area contributed by atoms with Crippen molar-refractivity contribution in [2.75, 3.05) is 0 Å². The Morgan fingerprint density at radius 1 is 1.21 bits per heavy atom. The van der Waals surface area contributed by atoms with Crippen LogP contribution < -0.4 is 4.74 Å². The Balaban J connectivity index is 2.47. The van der Waals surface area contributed by atoms with E-state index < -0.39 is 11.9 Å². The molecule has 0 aliphatic rings. The van der Waals surface area contributed by atoms with Crippen molar-refractivity contribution in [3.63, 3.8) is 0 Å². The zero-order chi connectivity index (χ0) is 13.8. The molecule has 1 unspecified atom stereocenters. The molecular weight excluding hydrogens is 245 g/mol.